The average molecular weight is 1230 g/mol. The molecular formula is C84H51B3N10. The summed E-state index contributed by atoms with van der Waals surface area (Å²) in [6.45, 7) is -0.624. The summed E-state index contributed by atoms with van der Waals surface area (Å²) in [6, 6.07) is 99.8. The maximum atomic E-state index is 5.01. The fourth-order valence-corrected chi connectivity index (χ4v) is 16.7. The first-order valence-electron chi connectivity index (χ1n) is 33.1. The number of nitrogens with zero attached hydrogens (tertiary/aromatic N) is 10. The van der Waals surface area contributed by atoms with Gasteiger partial charge in [0.2, 0.25) is 0 Å². The fourth-order valence-electron chi connectivity index (χ4n) is 16.7. The first-order chi connectivity index (χ1) is 48.1. The van der Waals surface area contributed by atoms with E-state index in [1.807, 2.05) is 73.6 Å². The Labute approximate surface area is 561 Å². The van der Waals surface area contributed by atoms with Gasteiger partial charge in [0.15, 0.2) is 0 Å². The highest BCUT2D eigenvalue weighted by atomic mass is 15.2. The molecule has 0 atom stereocenters. The molecular weight excluding hydrogens is 1180 g/mol. The zero-order valence-electron chi connectivity index (χ0n) is 52.1. The first kappa shape index (κ1) is 53.7. The fraction of sp³-hybridized carbons (Fsp3) is 0. The van der Waals surface area contributed by atoms with Crippen LogP contribution in [0, 0.1) is 0 Å². The summed E-state index contributed by atoms with van der Waals surface area (Å²) in [5.41, 5.74) is 36.9. The number of rotatable bonds is 9. The van der Waals surface area contributed by atoms with E-state index >= 15 is 0 Å². The lowest BCUT2D eigenvalue weighted by Crippen LogP contribution is -2.74. The van der Waals surface area contributed by atoms with E-state index in [9.17, 15) is 0 Å². The van der Waals surface area contributed by atoms with Crippen molar-refractivity contribution < 1.29 is 0 Å². The molecule has 6 aliphatic heterocycles. The second-order valence-electron chi connectivity index (χ2n) is 25.7. The van der Waals surface area contributed by atoms with Gasteiger partial charge in [0.25, 0.3) is 20.1 Å². The zero-order valence-corrected chi connectivity index (χ0v) is 52.1. The van der Waals surface area contributed by atoms with Gasteiger partial charge in [-0.05, 0) is 211 Å². The van der Waals surface area contributed by atoms with Crippen LogP contribution in [0.4, 0.5) is 68.2 Å². The summed E-state index contributed by atoms with van der Waals surface area (Å²) in [7, 11) is 0. The molecule has 0 bridgehead atoms. The molecule has 0 unspecified atom stereocenters. The molecule has 6 aliphatic rings. The Morgan fingerprint density at radius 3 is 0.680 bits per heavy atom. The topological polar surface area (TPSA) is 90.3 Å². The van der Waals surface area contributed by atoms with Crippen LogP contribution in [0.25, 0.3) is 67.5 Å². The summed E-state index contributed by atoms with van der Waals surface area (Å²) in [4.78, 5) is 39.7. The molecule has 97 heavy (non-hydrogen) atoms. The molecule has 0 saturated heterocycles. The van der Waals surface area contributed by atoms with Crippen molar-refractivity contribution in [3.8, 4) is 67.5 Å². The van der Waals surface area contributed by atoms with Gasteiger partial charge in [-0.2, -0.15) is 0 Å². The Hall–Kier alpha value is -12.7. The number of pyridine rings is 6. The lowest BCUT2D eigenvalue weighted by atomic mass is 9.25. The SMILES string of the molecule is c1ccc(-c2ccc(N3c4ccc(-c5ccccn5)cc4B4c5ccc6c7c5N5c8c(ccc3c84)B3c4cc(-c8ccccn8)ccc4N(c4ccc(-c8ccccn8)cc4)c4ccc(c5c43)B7c3cc(-c4ccccn4)ccc3N6c3ccc(-c4ccccn4)cc3)cc2)nc1. The van der Waals surface area contributed by atoms with Crippen molar-refractivity contribution in [2.24, 2.45) is 0 Å². The molecule has 6 aromatic heterocycles. The lowest BCUT2D eigenvalue weighted by Gasteiger charge is -2.54. The highest BCUT2D eigenvalue weighted by Crippen LogP contribution is 2.52. The number of benzene rings is 9. The monoisotopic (exact) mass is 1230 g/mol. The molecule has 12 heterocycles. The number of anilines is 12. The van der Waals surface area contributed by atoms with E-state index in [1.54, 1.807) is 0 Å². The summed E-state index contributed by atoms with van der Waals surface area (Å²) < 4.78 is 0. The van der Waals surface area contributed by atoms with Crippen molar-refractivity contribution in [2.45, 2.75) is 0 Å². The normalized spacial score (nSPS) is 13.4. The quantitative estimate of drug-likeness (QED) is 0.130. The molecule has 21 rings (SSSR count). The van der Waals surface area contributed by atoms with E-state index in [2.05, 4.69) is 256 Å². The minimum absolute atomic E-state index is 0.208. The smallest absolute Gasteiger partial charge is 0.252 e. The number of aromatic nitrogens is 6. The third-order valence-corrected chi connectivity index (χ3v) is 20.7. The van der Waals surface area contributed by atoms with Crippen molar-refractivity contribution in [3.63, 3.8) is 0 Å². The van der Waals surface area contributed by atoms with E-state index in [0.29, 0.717) is 0 Å². The molecule has 0 spiro atoms. The van der Waals surface area contributed by atoms with Crippen LogP contribution in [-0.4, -0.2) is 50.0 Å². The third kappa shape index (κ3) is 7.94. The molecule has 0 radical (unpaired) electrons. The summed E-state index contributed by atoms with van der Waals surface area (Å²) in [5.74, 6) is 0. The Morgan fingerprint density at radius 1 is 0.196 bits per heavy atom. The van der Waals surface area contributed by atoms with E-state index in [4.69, 9.17) is 29.9 Å². The van der Waals surface area contributed by atoms with Crippen LogP contribution < -0.4 is 68.8 Å². The van der Waals surface area contributed by atoms with Gasteiger partial charge in [-0.25, -0.2) is 0 Å². The molecule has 15 aromatic rings. The van der Waals surface area contributed by atoms with E-state index < -0.39 is 0 Å². The zero-order chi connectivity index (χ0) is 63.4. The first-order valence-corrected chi connectivity index (χ1v) is 33.1. The van der Waals surface area contributed by atoms with Gasteiger partial charge in [-0.3, -0.25) is 29.9 Å². The Morgan fingerprint density at radius 2 is 0.433 bits per heavy atom. The molecule has 9 aromatic carbocycles. The van der Waals surface area contributed by atoms with Gasteiger partial charge in [0, 0.05) is 122 Å². The van der Waals surface area contributed by atoms with Crippen LogP contribution in [0.15, 0.2) is 310 Å². The maximum Gasteiger partial charge on any atom is 0.252 e. The predicted molar refractivity (Wildman–Crippen MR) is 399 cm³/mol. The largest absolute Gasteiger partial charge is 0.313 e. The van der Waals surface area contributed by atoms with Crippen molar-refractivity contribution in [2.75, 3.05) is 19.6 Å². The molecule has 10 nitrogen and oxygen atoms in total. The maximum absolute atomic E-state index is 5.01. The number of hydrogen-bond donors (Lipinski definition) is 0. The van der Waals surface area contributed by atoms with Crippen LogP contribution in [0.3, 0.4) is 0 Å². The second-order valence-corrected chi connectivity index (χ2v) is 25.7. The Bertz CT molecular complexity index is 5160. The van der Waals surface area contributed by atoms with E-state index in [-0.39, 0.29) is 20.1 Å². The van der Waals surface area contributed by atoms with Crippen molar-refractivity contribution >= 4 is 138 Å². The second kappa shape index (κ2) is 20.9. The minimum Gasteiger partial charge on any atom is -0.313 e. The standard InChI is InChI=1S/C84H51B3N10/c1-7-43-88-67(13-1)52-19-28-58(29-20-52)94-73-37-25-55(70-16-4-10-46-91-70)49-64(73)85-62-35-41-77-80-83(62)97-82-61(34-40-76(94)79(82)85)86-65-50-56(71-17-5-11-47-92-71)26-38-74(65)95(59-30-21-53(22-31-59)68-14-2-8-44-89-68)78-42-36-63(84(97)81(78)86)87(80)66-51-57(72-18-6-12-48-93-72)27-39-75(66)96(77)60-32-23-54(24-33-60)69-15-3-9-45-90-69/h1-51H. The summed E-state index contributed by atoms with van der Waals surface area (Å²) in [6.07, 6.45) is 11.3. The van der Waals surface area contributed by atoms with Gasteiger partial charge in [0.05, 0.1) is 34.2 Å². The van der Waals surface area contributed by atoms with Crippen LogP contribution in [0.5, 0.6) is 0 Å². The average Bonchev–Trinajstić information content (AvgIpc) is 0.654. The number of fused-ring (bicyclic) bond motifs is 9. The van der Waals surface area contributed by atoms with Crippen LogP contribution in [0.2, 0.25) is 0 Å². The molecule has 0 saturated carbocycles. The van der Waals surface area contributed by atoms with Crippen molar-refractivity contribution in [1.82, 2.24) is 29.9 Å². The van der Waals surface area contributed by atoms with E-state index in [0.717, 1.165) is 119 Å². The molecule has 0 aliphatic carbocycles. The highest BCUT2D eigenvalue weighted by molar-refractivity contribution is 7.08. The van der Waals surface area contributed by atoms with Crippen LogP contribution in [0.1, 0.15) is 0 Å². The molecule has 0 N–H and O–H groups in total. The van der Waals surface area contributed by atoms with Crippen LogP contribution >= 0.6 is 0 Å². The van der Waals surface area contributed by atoms with Gasteiger partial charge in [-0.15, -0.1) is 0 Å². The minimum atomic E-state index is -0.208. The highest BCUT2D eigenvalue weighted by Gasteiger charge is 2.56. The summed E-state index contributed by atoms with van der Waals surface area (Å²) >= 11 is 0. The molecule has 13 heteroatoms. The predicted octanol–water partition coefficient (Wildman–Crippen LogP) is 13.4. The molecule has 446 valence electrons. The van der Waals surface area contributed by atoms with Crippen molar-refractivity contribution in [3.05, 3.63) is 310 Å². The van der Waals surface area contributed by atoms with Crippen molar-refractivity contribution in [1.29, 1.82) is 0 Å². The van der Waals surface area contributed by atoms with Gasteiger partial charge < -0.3 is 19.6 Å². The van der Waals surface area contributed by atoms with Crippen LogP contribution in [-0.2, 0) is 0 Å². The Kier molecular flexibility index (Phi) is 11.6. The van der Waals surface area contributed by atoms with Gasteiger partial charge in [-0.1, -0.05) is 127 Å². The van der Waals surface area contributed by atoms with E-state index in [1.165, 1.54) is 66.2 Å². The lowest BCUT2D eigenvalue weighted by molar-refractivity contribution is 1.23. The molecule has 0 fully saturated rings. The Balaban J connectivity index is 0.876. The molecule has 0 amide bonds. The van der Waals surface area contributed by atoms with Gasteiger partial charge in [0.1, 0.15) is 0 Å². The number of hydrogen-bond acceptors (Lipinski definition) is 10. The van der Waals surface area contributed by atoms with Gasteiger partial charge >= 0.3 is 0 Å². The third-order valence-electron chi connectivity index (χ3n) is 20.7. The summed E-state index contributed by atoms with van der Waals surface area (Å²) in [5, 5.41) is 0.